The van der Waals surface area contributed by atoms with Crippen LogP contribution in [0.2, 0.25) is 0 Å². The fourth-order valence-electron chi connectivity index (χ4n) is 2.11. The summed E-state index contributed by atoms with van der Waals surface area (Å²) >= 11 is 0. The summed E-state index contributed by atoms with van der Waals surface area (Å²) < 4.78 is 11.2. The van der Waals surface area contributed by atoms with Gasteiger partial charge in [-0.15, -0.1) is 0 Å². The van der Waals surface area contributed by atoms with Gasteiger partial charge in [0.2, 0.25) is 11.8 Å². The van der Waals surface area contributed by atoms with E-state index in [2.05, 4.69) is 9.97 Å². The number of para-hydroxylation sites is 1. The first kappa shape index (κ1) is 11.2. The highest BCUT2D eigenvalue weighted by Gasteiger charge is 2.17. The van der Waals surface area contributed by atoms with Crippen LogP contribution in [0.4, 0.5) is 5.95 Å². The Morgan fingerprint density at radius 3 is 2.78 bits per heavy atom. The molecule has 2 aromatic rings. The van der Waals surface area contributed by atoms with Gasteiger partial charge in [0.05, 0.1) is 24.1 Å². The topological polar surface area (TPSA) is 70.3 Å². The van der Waals surface area contributed by atoms with Crippen LogP contribution in [0.3, 0.4) is 0 Å². The van der Waals surface area contributed by atoms with Crippen LogP contribution in [-0.4, -0.2) is 29.3 Å². The number of nitrogen functional groups attached to an aromatic ring is 1. The Morgan fingerprint density at radius 2 is 1.94 bits per heavy atom. The zero-order valence-electron chi connectivity index (χ0n) is 10.0. The van der Waals surface area contributed by atoms with Gasteiger partial charge in [-0.3, -0.25) is 0 Å². The summed E-state index contributed by atoms with van der Waals surface area (Å²) in [6.45, 7) is 1.48. The van der Waals surface area contributed by atoms with Crippen molar-refractivity contribution in [3.63, 3.8) is 0 Å². The fourth-order valence-corrected chi connectivity index (χ4v) is 2.11. The third-order valence-electron chi connectivity index (χ3n) is 3.03. The molecular formula is C13H15N3O2. The predicted molar refractivity (Wildman–Crippen MR) is 68.4 cm³/mol. The number of aromatic nitrogens is 2. The number of nitrogens with zero attached hydrogens (tertiary/aromatic N) is 2. The standard InChI is InChI=1S/C13H15N3O2/c14-13-15-11-4-2-1-3-10(11)12(16-13)18-9-5-7-17-8-6-9/h1-4,9H,5-8H2,(H2,14,15,16). The van der Waals surface area contributed by atoms with E-state index in [4.69, 9.17) is 15.2 Å². The molecule has 0 bridgehead atoms. The molecule has 18 heavy (non-hydrogen) atoms. The highest BCUT2D eigenvalue weighted by Crippen LogP contribution is 2.25. The van der Waals surface area contributed by atoms with Gasteiger partial charge in [-0.05, 0) is 12.1 Å². The van der Waals surface area contributed by atoms with Gasteiger partial charge in [0.1, 0.15) is 6.10 Å². The number of benzene rings is 1. The molecule has 1 aromatic carbocycles. The lowest BCUT2D eigenvalue weighted by Gasteiger charge is -2.23. The van der Waals surface area contributed by atoms with Gasteiger partial charge in [-0.25, -0.2) is 4.98 Å². The molecule has 5 heteroatoms. The molecule has 5 nitrogen and oxygen atoms in total. The van der Waals surface area contributed by atoms with Crippen LogP contribution >= 0.6 is 0 Å². The first-order valence-corrected chi connectivity index (χ1v) is 6.09. The second kappa shape index (κ2) is 4.78. The molecule has 1 aliphatic heterocycles. The van der Waals surface area contributed by atoms with Crippen molar-refractivity contribution in [2.75, 3.05) is 18.9 Å². The van der Waals surface area contributed by atoms with E-state index in [1.54, 1.807) is 0 Å². The third-order valence-corrected chi connectivity index (χ3v) is 3.03. The molecule has 0 saturated carbocycles. The van der Waals surface area contributed by atoms with Gasteiger partial charge < -0.3 is 15.2 Å². The number of nitrogens with two attached hydrogens (primary N) is 1. The molecule has 0 amide bonds. The van der Waals surface area contributed by atoms with Gasteiger partial charge in [0.25, 0.3) is 0 Å². The van der Waals surface area contributed by atoms with Gasteiger partial charge in [0, 0.05) is 12.8 Å². The summed E-state index contributed by atoms with van der Waals surface area (Å²) in [6.07, 6.45) is 1.92. The van der Waals surface area contributed by atoms with Gasteiger partial charge >= 0.3 is 0 Å². The summed E-state index contributed by atoms with van der Waals surface area (Å²) in [5.74, 6) is 0.820. The maximum atomic E-state index is 5.94. The minimum atomic E-state index is 0.149. The predicted octanol–water partition coefficient (Wildman–Crippen LogP) is 1.77. The Labute approximate surface area is 105 Å². The number of hydrogen-bond donors (Lipinski definition) is 1. The van der Waals surface area contributed by atoms with Crippen molar-refractivity contribution in [3.05, 3.63) is 24.3 Å². The van der Waals surface area contributed by atoms with Crippen LogP contribution in [0.15, 0.2) is 24.3 Å². The molecule has 1 aromatic heterocycles. The molecule has 1 fully saturated rings. The molecule has 1 saturated heterocycles. The quantitative estimate of drug-likeness (QED) is 0.873. The average molecular weight is 245 g/mol. The Balaban J connectivity index is 1.94. The van der Waals surface area contributed by atoms with Crippen molar-refractivity contribution in [1.82, 2.24) is 9.97 Å². The molecule has 0 radical (unpaired) electrons. The van der Waals surface area contributed by atoms with Crippen molar-refractivity contribution in [2.24, 2.45) is 0 Å². The summed E-state index contributed by atoms with van der Waals surface area (Å²) in [5.41, 5.74) is 6.51. The minimum absolute atomic E-state index is 0.149. The largest absolute Gasteiger partial charge is 0.474 e. The third kappa shape index (κ3) is 2.22. The highest BCUT2D eigenvalue weighted by molar-refractivity contribution is 5.84. The van der Waals surface area contributed by atoms with E-state index in [1.807, 2.05) is 24.3 Å². The van der Waals surface area contributed by atoms with Crippen LogP contribution in [-0.2, 0) is 4.74 Å². The lowest BCUT2D eigenvalue weighted by Crippen LogP contribution is -2.26. The highest BCUT2D eigenvalue weighted by atomic mass is 16.5. The van der Waals surface area contributed by atoms with Gasteiger partial charge in [-0.2, -0.15) is 4.98 Å². The van der Waals surface area contributed by atoms with E-state index in [9.17, 15) is 0 Å². The lowest BCUT2D eigenvalue weighted by molar-refractivity contribution is 0.0244. The van der Waals surface area contributed by atoms with E-state index in [1.165, 1.54) is 0 Å². The summed E-state index contributed by atoms with van der Waals surface area (Å²) in [4.78, 5) is 8.39. The number of ether oxygens (including phenoxy) is 2. The Bertz CT molecular complexity index is 553. The van der Waals surface area contributed by atoms with E-state index in [0.29, 0.717) is 5.88 Å². The lowest BCUT2D eigenvalue weighted by atomic mass is 10.1. The van der Waals surface area contributed by atoms with E-state index in [0.717, 1.165) is 37.0 Å². The van der Waals surface area contributed by atoms with E-state index >= 15 is 0 Å². The van der Waals surface area contributed by atoms with Crippen molar-refractivity contribution in [2.45, 2.75) is 18.9 Å². The first-order valence-electron chi connectivity index (χ1n) is 6.09. The normalized spacial score (nSPS) is 16.9. The first-order chi connectivity index (χ1) is 8.83. The van der Waals surface area contributed by atoms with Crippen molar-refractivity contribution >= 4 is 16.9 Å². The second-order valence-corrected chi connectivity index (χ2v) is 4.33. The zero-order chi connectivity index (χ0) is 12.4. The van der Waals surface area contributed by atoms with E-state index in [-0.39, 0.29) is 12.1 Å². The number of rotatable bonds is 2. The van der Waals surface area contributed by atoms with Crippen molar-refractivity contribution in [3.8, 4) is 5.88 Å². The minimum Gasteiger partial charge on any atom is -0.474 e. The van der Waals surface area contributed by atoms with Crippen LogP contribution in [0.25, 0.3) is 10.9 Å². The Hall–Kier alpha value is -1.88. The average Bonchev–Trinajstić information content (AvgIpc) is 2.40. The zero-order valence-corrected chi connectivity index (χ0v) is 10.0. The molecule has 2 N–H and O–H groups in total. The summed E-state index contributed by atoms with van der Waals surface area (Å²) in [5, 5.41) is 0.901. The Kier molecular flexibility index (Phi) is 2.98. The fraction of sp³-hybridized carbons (Fsp3) is 0.385. The Morgan fingerprint density at radius 1 is 1.17 bits per heavy atom. The monoisotopic (exact) mass is 245 g/mol. The molecule has 94 valence electrons. The van der Waals surface area contributed by atoms with E-state index < -0.39 is 0 Å². The molecule has 3 rings (SSSR count). The van der Waals surface area contributed by atoms with Crippen molar-refractivity contribution in [1.29, 1.82) is 0 Å². The summed E-state index contributed by atoms with van der Waals surface area (Å²) in [7, 11) is 0. The van der Waals surface area contributed by atoms with Crippen LogP contribution in [0, 0.1) is 0 Å². The smallest absolute Gasteiger partial charge is 0.226 e. The summed E-state index contributed by atoms with van der Waals surface area (Å²) in [6, 6.07) is 7.72. The SMILES string of the molecule is Nc1nc(OC2CCOCC2)c2ccccc2n1. The number of fused-ring (bicyclic) bond motifs is 1. The maximum Gasteiger partial charge on any atom is 0.226 e. The molecule has 0 atom stereocenters. The van der Waals surface area contributed by atoms with Gasteiger partial charge in [-0.1, -0.05) is 12.1 Å². The van der Waals surface area contributed by atoms with Crippen LogP contribution in [0.5, 0.6) is 5.88 Å². The number of hydrogen-bond acceptors (Lipinski definition) is 5. The van der Waals surface area contributed by atoms with Crippen LogP contribution in [0.1, 0.15) is 12.8 Å². The number of anilines is 1. The molecule has 0 unspecified atom stereocenters. The second-order valence-electron chi connectivity index (χ2n) is 4.33. The maximum absolute atomic E-state index is 5.94. The molecule has 0 aliphatic carbocycles. The molecular weight excluding hydrogens is 230 g/mol. The van der Waals surface area contributed by atoms with Crippen LogP contribution < -0.4 is 10.5 Å². The molecule has 0 spiro atoms. The molecule has 1 aliphatic rings. The van der Waals surface area contributed by atoms with Crippen molar-refractivity contribution < 1.29 is 9.47 Å². The van der Waals surface area contributed by atoms with Gasteiger partial charge in [0.15, 0.2) is 0 Å². The molecule has 2 heterocycles.